The van der Waals surface area contributed by atoms with Gasteiger partial charge in [0.2, 0.25) is 0 Å². The molecule has 150 valence electrons. The number of ether oxygens (including phenoxy) is 5. The minimum absolute atomic E-state index is 0.120. The second kappa shape index (κ2) is 8.84. The van der Waals surface area contributed by atoms with Crippen molar-refractivity contribution in [3.05, 3.63) is 48.0 Å². The summed E-state index contributed by atoms with van der Waals surface area (Å²) in [7, 11) is 0. The van der Waals surface area contributed by atoms with Crippen molar-refractivity contribution in [1.29, 1.82) is 0 Å². The van der Waals surface area contributed by atoms with Crippen LogP contribution in [-0.4, -0.2) is 43.1 Å². The first kappa shape index (κ1) is 20.5. The SMILES string of the molecule is CC1(C)O[C@H]([C@H]2COC(C)(C)O2)[C@@H](/C=C/CCCOCc2ccccc2)O1. The molecule has 5 nitrogen and oxygen atoms in total. The topological polar surface area (TPSA) is 46.2 Å². The Morgan fingerprint density at radius 1 is 1.04 bits per heavy atom. The fourth-order valence-corrected chi connectivity index (χ4v) is 3.43. The molecule has 0 bridgehead atoms. The lowest BCUT2D eigenvalue weighted by Crippen LogP contribution is -2.37. The van der Waals surface area contributed by atoms with E-state index in [4.69, 9.17) is 23.7 Å². The molecule has 0 radical (unpaired) electrons. The van der Waals surface area contributed by atoms with E-state index in [1.54, 1.807) is 0 Å². The molecule has 3 rings (SSSR count). The second-order valence-corrected chi connectivity index (χ2v) is 8.04. The highest BCUT2D eigenvalue weighted by atomic mass is 16.8. The second-order valence-electron chi connectivity index (χ2n) is 8.04. The molecule has 0 unspecified atom stereocenters. The molecule has 3 atom stereocenters. The van der Waals surface area contributed by atoms with Crippen LogP contribution in [0.25, 0.3) is 0 Å². The lowest BCUT2D eigenvalue weighted by molar-refractivity contribution is -0.174. The minimum atomic E-state index is -0.617. The Morgan fingerprint density at radius 2 is 1.81 bits per heavy atom. The lowest BCUT2D eigenvalue weighted by atomic mass is 10.1. The Kier molecular flexibility index (Phi) is 6.71. The summed E-state index contributed by atoms with van der Waals surface area (Å²) in [4.78, 5) is 0. The third-order valence-corrected chi connectivity index (χ3v) is 4.66. The van der Waals surface area contributed by atoms with E-state index in [-0.39, 0.29) is 18.3 Å². The van der Waals surface area contributed by atoms with E-state index in [9.17, 15) is 0 Å². The maximum absolute atomic E-state index is 6.08. The molecule has 0 N–H and O–H groups in total. The molecule has 0 amide bonds. The van der Waals surface area contributed by atoms with Crippen LogP contribution < -0.4 is 0 Å². The number of hydrogen-bond acceptors (Lipinski definition) is 5. The Bertz CT molecular complexity index is 610. The predicted molar refractivity (Wildman–Crippen MR) is 103 cm³/mol. The summed E-state index contributed by atoms with van der Waals surface area (Å²) in [5.74, 6) is -1.18. The van der Waals surface area contributed by atoms with Crippen LogP contribution in [0.15, 0.2) is 42.5 Å². The van der Waals surface area contributed by atoms with Gasteiger partial charge in [0.15, 0.2) is 11.6 Å². The molecule has 0 spiro atoms. The summed E-state index contributed by atoms with van der Waals surface area (Å²) in [6, 6.07) is 10.2. The molecule has 2 aliphatic rings. The summed E-state index contributed by atoms with van der Waals surface area (Å²) in [5, 5.41) is 0. The van der Waals surface area contributed by atoms with Gasteiger partial charge < -0.3 is 23.7 Å². The van der Waals surface area contributed by atoms with Crippen molar-refractivity contribution in [2.75, 3.05) is 13.2 Å². The molecular formula is C22H32O5. The molecule has 2 saturated heterocycles. The van der Waals surface area contributed by atoms with Crippen LogP contribution in [0, 0.1) is 0 Å². The number of unbranched alkanes of at least 4 members (excludes halogenated alkanes) is 1. The summed E-state index contributed by atoms with van der Waals surface area (Å²) in [6.07, 6.45) is 5.74. The van der Waals surface area contributed by atoms with Crippen molar-refractivity contribution >= 4 is 0 Å². The molecule has 2 aliphatic heterocycles. The Labute approximate surface area is 162 Å². The van der Waals surface area contributed by atoms with Gasteiger partial charge >= 0.3 is 0 Å². The van der Waals surface area contributed by atoms with Gasteiger partial charge in [0.1, 0.15) is 18.3 Å². The number of allylic oxidation sites excluding steroid dienone is 1. The zero-order valence-corrected chi connectivity index (χ0v) is 16.9. The average Bonchev–Trinajstić information content (AvgIpc) is 3.13. The largest absolute Gasteiger partial charge is 0.377 e. The van der Waals surface area contributed by atoms with Crippen molar-refractivity contribution in [3.63, 3.8) is 0 Å². The molecule has 2 fully saturated rings. The molecule has 0 aromatic heterocycles. The average molecular weight is 376 g/mol. The van der Waals surface area contributed by atoms with Crippen LogP contribution in [-0.2, 0) is 30.3 Å². The molecule has 27 heavy (non-hydrogen) atoms. The maximum atomic E-state index is 6.08. The van der Waals surface area contributed by atoms with Gasteiger partial charge in [-0.05, 0) is 46.1 Å². The quantitative estimate of drug-likeness (QED) is 0.502. The van der Waals surface area contributed by atoms with E-state index in [0.717, 1.165) is 19.4 Å². The van der Waals surface area contributed by atoms with E-state index in [1.807, 2.05) is 45.9 Å². The van der Waals surface area contributed by atoms with Crippen molar-refractivity contribution < 1.29 is 23.7 Å². The van der Waals surface area contributed by atoms with Crippen molar-refractivity contribution in [3.8, 4) is 0 Å². The van der Waals surface area contributed by atoms with Crippen LogP contribution in [0.3, 0.4) is 0 Å². The third kappa shape index (κ3) is 6.13. The summed E-state index contributed by atoms with van der Waals surface area (Å²) >= 11 is 0. The molecule has 0 aliphatic carbocycles. The minimum Gasteiger partial charge on any atom is -0.377 e. The van der Waals surface area contributed by atoms with Gasteiger partial charge in [-0.1, -0.05) is 42.5 Å². The monoisotopic (exact) mass is 376 g/mol. The Morgan fingerprint density at radius 3 is 2.52 bits per heavy atom. The zero-order chi connectivity index (χ0) is 19.3. The molecular weight excluding hydrogens is 344 g/mol. The van der Waals surface area contributed by atoms with Gasteiger partial charge in [-0.2, -0.15) is 0 Å². The van der Waals surface area contributed by atoms with Gasteiger partial charge in [0.05, 0.1) is 13.2 Å². The van der Waals surface area contributed by atoms with E-state index in [1.165, 1.54) is 5.56 Å². The van der Waals surface area contributed by atoms with Crippen LogP contribution >= 0.6 is 0 Å². The van der Waals surface area contributed by atoms with Crippen LogP contribution in [0.4, 0.5) is 0 Å². The van der Waals surface area contributed by atoms with Crippen LogP contribution in [0.2, 0.25) is 0 Å². The normalized spacial score (nSPS) is 29.6. The number of hydrogen-bond donors (Lipinski definition) is 0. The van der Waals surface area contributed by atoms with E-state index >= 15 is 0 Å². The third-order valence-electron chi connectivity index (χ3n) is 4.66. The van der Waals surface area contributed by atoms with Gasteiger partial charge in [-0.25, -0.2) is 0 Å². The summed E-state index contributed by atoms with van der Waals surface area (Å²) < 4.78 is 29.5. The van der Waals surface area contributed by atoms with Gasteiger partial charge in [-0.3, -0.25) is 0 Å². The van der Waals surface area contributed by atoms with Gasteiger partial charge in [0, 0.05) is 6.61 Å². The fraction of sp³-hybridized carbons (Fsp3) is 0.636. The maximum Gasteiger partial charge on any atom is 0.164 e. The molecule has 0 saturated carbocycles. The summed E-state index contributed by atoms with van der Waals surface area (Å²) in [6.45, 7) is 9.65. The Hall–Kier alpha value is -1.24. The molecule has 5 heteroatoms. The van der Waals surface area contributed by atoms with Crippen LogP contribution in [0.5, 0.6) is 0 Å². The van der Waals surface area contributed by atoms with Gasteiger partial charge in [0.25, 0.3) is 0 Å². The summed E-state index contributed by atoms with van der Waals surface area (Å²) in [5.41, 5.74) is 1.20. The lowest BCUT2D eigenvalue weighted by Gasteiger charge is -2.22. The van der Waals surface area contributed by atoms with E-state index < -0.39 is 11.6 Å². The first-order valence-electron chi connectivity index (χ1n) is 9.80. The Balaban J connectivity index is 1.41. The highest BCUT2D eigenvalue weighted by Crippen LogP contribution is 2.36. The highest BCUT2D eigenvalue weighted by molar-refractivity contribution is 5.13. The first-order chi connectivity index (χ1) is 12.8. The van der Waals surface area contributed by atoms with Crippen LogP contribution in [0.1, 0.15) is 46.1 Å². The molecule has 1 aromatic carbocycles. The van der Waals surface area contributed by atoms with Crippen molar-refractivity contribution in [2.24, 2.45) is 0 Å². The van der Waals surface area contributed by atoms with Crippen molar-refractivity contribution in [2.45, 2.75) is 77.0 Å². The van der Waals surface area contributed by atoms with Crippen molar-refractivity contribution in [1.82, 2.24) is 0 Å². The number of rotatable bonds is 8. The van der Waals surface area contributed by atoms with E-state index in [0.29, 0.717) is 13.2 Å². The fourth-order valence-electron chi connectivity index (χ4n) is 3.43. The first-order valence-corrected chi connectivity index (χ1v) is 9.80. The van der Waals surface area contributed by atoms with Gasteiger partial charge in [-0.15, -0.1) is 0 Å². The van der Waals surface area contributed by atoms with E-state index in [2.05, 4.69) is 24.3 Å². The highest BCUT2D eigenvalue weighted by Gasteiger charge is 2.48. The molecule has 2 heterocycles. The smallest absolute Gasteiger partial charge is 0.164 e. The zero-order valence-electron chi connectivity index (χ0n) is 16.9. The molecule has 1 aromatic rings. The predicted octanol–water partition coefficient (Wildman–Crippen LogP) is 4.21. The number of benzene rings is 1. The standard InChI is InChI=1S/C22H32O5/c1-21(2)24-16-19(26-21)20-18(25-22(3,4)27-20)13-9-6-10-14-23-15-17-11-7-5-8-12-17/h5,7-9,11-13,18-20H,6,10,14-16H2,1-4H3/b13-9+/t18-,19-,20+/m1/s1.